The van der Waals surface area contributed by atoms with Crippen LogP contribution < -0.4 is 5.73 Å². The van der Waals surface area contributed by atoms with Gasteiger partial charge in [-0.2, -0.15) is 0 Å². The van der Waals surface area contributed by atoms with Gasteiger partial charge in [0.05, 0.1) is 5.84 Å². The first-order valence-electron chi connectivity index (χ1n) is 4.32. The number of halogens is 1. The lowest BCUT2D eigenvalue weighted by atomic mass is 10.2. The van der Waals surface area contributed by atoms with Gasteiger partial charge in [0, 0.05) is 21.6 Å². The van der Waals surface area contributed by atoms with Crippen LogP contribution in [0.1, 0.15) is 6.92 Å². The lowest BCUT2D eigenvalue weighted by molar-refractivity contribution is 0.879. The Morgan fingerprint density at radius 1 is 1.50 bits per heavy atom. The molecule has 4 heteroatoms. The van der Waals surface area contributed by atoms with Gasteiger partial charge in [0.25, 0.3) is 0 Å². The lowest BCUT2D eigenvalue weighted by Crippen LogP contribution is -2.21. The summed E-state index contributed by atoms with van der Waals surface area (Å²) in [6.45, 7) is 1.95. The molecule has 0 amide bonds. The lowest BCUT2D eigenvalue weighted by Gasteiger charge is -2.08. The zero-order chi connectivity index (χ0) is 10.6. The molecule has 0 heterocycles. The third-order valence-electron chi connectivity index (χ3n) is 1.84. The number of nitrogens with one attached hydrogen (secondary N) is 1. The molecule has 0 aliphatic heterocycles. The molecule has 1 atom stereocenters. The van der Waals surface area contributed by atoms with Crippen molar-refractivity contribution in [1.82, 2.24) is 0 Å². The van der Waals surface area contributed by atoms with E-state index in [-0.39, 0.29) is 11.8 Å². The van der Waals surface area contributed by atoms with Gasteiger partial charge in [-0.1, -0.05) is 18.5 Å². The normalized spacial score (nSPS) is 12.4. The summed E-state index contributed by atoms with van der Waals surface area (Å²) in [7, 11) is 0. The van der Waals surface area contributed by atoms with Crippen LogP contribution in [0.25, 0.3) is 0 Å². The Morgan fingerprint density at radius 3 is 2.57 bits per heavy atom. The van der Waals surface area contributed by atoms with Gasteiger partial charge in [-0.05, 0) is 24.3 Å². The number of amidine groups is 1. The number of hydrogen-bond acceptors (Lipinski definition) is 2. The molecule has 0 saturated carbocycles. The zero-order valence-electron chi connectivity index (χ0n) is 7.96. The van der Waals surface area contributed by atoms with E-state index in [2.05, 4.69) is 0 Å². The van der Waals surface area contributed by atoms with Crippen LogP contribution in [0.5, 0.6) is 0 Å². The minimum atomic E-state index is 0.121. The highest BCUT2D eigenvalue weighted by atomic mass is 35.5. The van der Waals surface area contributed by atoms with Gasteiger partial charge >= 0.3 is 0 Å². The second kappa shape index (κ2) is 5.27. The first kappa shape index (κ1) is 11.4. The smallest absolute Gasteiger partial charge is 0.0942 e. The fourth-order valence-electron chi connectivity index (χ4n) is 0.842. The van der Waals surface area contributed by atoms with Gasteiger partial charge in [0.15, 0.2) is 0 Å². The SMILES string of the molecule is CC(CSc1ccc(Cl)cc1)C(=N)N. The monoisotopic (exact) mass is 228 g/mol. The standard InChI is InChI=1S/C10H13ClN2S/c1-7(10(12)13)6-14-9-4-2-8(11)3-5-9/h2-5,7H,6H2,1H3,(H3,12,13). The van der Waals surface area contributed by atoms with E-state index in [1.54, 1.807) is 11.8 Å². The molecule has 1 unspecified atom stereocenters. The van der Waals surface area contributed by atoms with Gasteiger partial charge in [-0.15, -0.1) is 11.8 Å². The highest BCUT2D eigenvalue weighted by Gasteiger charge is 2.05. The van der Waals surface area contributed by atoms with Crippen LogP contribution in [0.2, 0.25) is 5.02 Å². The highest BCUT2D eigenvalue weighted by Crippen LogP contribution is 2.22. The van der Waals surface area contributed by atoms with E-state index in [0.29, 0.717) is 0 Å². The van der Waals surface area contributed by atoms with E-state index >= 15 is 0 Å². The summed E-state index contributed by atoms with van der Waals surface area (Å²) in [5, 5.41) is 7.99. The second-order valence-electron chi connectivity index (χ2n) is 3.12. The first-order valence-corrected chi connectivity index (χ1v) is 5.68. The molecule has 1 aromatic rings. The van der Waals surface area contributed by atoms with Crippen molar-refractivity contribution in [2.75, 3.05) is 5.75 Å². The number of nitrogens with two attached hydrogens (primary N) is 1. The molecule has 0 spiro atoms. The summed E-state index contributed by atoms with van der Waals surface area (Å²) in [5.41, 5.74) is 5.37. The van der Waals surface area contributed by atoms with E-state index in [1.165, 1.54) is 0 Å². The summed E-state index contributed by atoms with van der Waals surface area (Å²) in [5.74, 6) is 1.19. The van der Waals surface area contributed by atoms with Crippen LogP contribution >= 0.6 is 23.4 Å². The Balaban J connectivity index is 2.46. The molecule has 76 valence electrons. The molecule has 0 saturated heterocycles. The largest absolute Gasteiger partial charge is 0.387 e. The van der Waals surface area contributed by atoms with Gasteiger partial charge < -0.3 is 5.73 Å². The third-order valence-corrected chi connectivity index (χ3v) is 3.37. The van der Waals surface area contributed by atoms with Crippen molar-refractivity contribution in [2.45, 2.75) is 11.8 Å². The van der Waals surface area contributed by atoms with Crippen molar-refractivity contribution >= 4 is 29.2 Å². The van der Waals surface area contributed by atoms with Gasteiger partial charge in [0.1, 0.15) is 0 Å². The average molecular weight is 229 g/mol. The first-order chi connectivity index (χ1) is 6.59. The average Bonchev–Trinajstić information content (AvgIpc) is 2.16. The molecule has 0 aliphatic rings. The van der Waals surface area contributed by atoms with E-state index in [0.717, 1.165) is 15.7 Å². The molecule has 14 heavy (non-hydrogen) atoms. The van der Waals surface area contributed by atoms with Crippen molar-refractivity contribution in [3.05, 3.63) is 29.3 Å². The van der Waals surface area contributed by atoms with Crippen LogP contribution in [0.4, 0.5) is 0 Å². The number of rotatable bonds is 4. The van der Waals surface area contributed by atoms with Crippen molar-refractivity contribution < 1.29 is 0 Å². The quantitative estimate of drug-likeness (QED) is 0.473. The molecule has 0 fully saturated rings. The highest BCUT2D eigenvalue weighted by molar-refractivity contribution is 7.99. The molecule has 0 bridgehead atoms. The van der Waals surface area contributed by atoms with Gasteiger partial charge in [-0.3, -0.25) is 5.41 Å². The fourth-order valence-corrected chi connectivity index (χ4v) is 1.92. The summed E-state index contributed by atoms with van der Waals surface area (Å²) in [6.07, 6.45) is 0. The van der Waals surface area contributed by atoms with Crippen molar-refractivity contribution in [2.24, 2.45) is 11.7 Å². The molecular weight excluding hydrogens is 216 g/mol. The Hall–Kier alpha value is -0.670. The maximum Gasteiger partial charge on any atom is 0.0942 e. The maximum absolute atomic E-state index is 7.24. The minimum Gasteiger partial charge on any atom is -0.387 e. The molecule has 0 aromatic heterocycles. The van der Waals surface area contributed by atoms with E-state index < -0.39 is 0 Å². The van der Waals surface area contributed by atoms with Crippen LogP contribution in [0.3, 0.4) is 0 Å². The van der Waals surface area contributed by atoms with Gasteiger partial charge in [0.2, 0.25) is 0 Å². The molecule has 0 aliphatic carbocycles. The molecule has 2 nitrogen and oxygen atoms in total. The second-order valence-corrected chi connectivity index (χ2v) is 4.65. The molecule has 0 radical (unpaired) electrons. The summed E-state index contributed by atoms with van der Waals surface area (Å²) in [6, 6.07) is 7.67. The van der Waals surface area contributed by atoms with Crippen LogP contribution in [0, 0.1) is 11.3 Å². The molecule has 3 N–H and O–H groups in total. The summed E-state index contributed by atoms with van der Waals surface area (Å²) >= 11 is 7.45. The summed E-state index contributed by atoms with van der Waals surface area (Å²) in [4.78, 5) is 1.16. The van der Waals surface area contributed by atoms with Crippen LogP contribution in [-0.2, 0) is 0 Å². The minimum absolute atomic E-state index is 0.121. The van der Waals surface area contributed by atoms with Crippen LogP contribution in [0.15, 0.2) is 29.2 Å². The maximum atomic E-state index is 7.24. The number of hydrogen-bond donors (Lipinski definition) is 2. The Bertz CT molecular complexity index is 310. The third kappa shape index (κ3) is 3.60. The Labute approximate surface area is 93.3 Å². The molecule has 1 aromatic carbocycles. The zero-order valence-corrected chi connectivity index (χ0v) is 9.53. The molecule has 1 rings (SSSR count). The van der Waals surface area contributed by atoms with Crippen molar-refractivity contribution in [1.29, 1.82) is 5.41 Å². The summed E-state index contributed by atoms with van der Waals surface area (Å²) < 4.78 is 0. The van der Waals surface area contributed by atoms with Gasteiger partial charge in [-0.25, -0.2) is 0 Å². The number of benzene rings is 1. The topological polar surface area (TPSA) is 49.9 Å². The van der Waals surface area contributed by atoms with E-state index in [1.807, 2.05) is 31.2 Å². The number of thioether (sulfide) groups is 1. The predicted octanol–water partition coefficient (Wildman–Crippen LogP) is 3.00. The molecular formula is C10H13ClN2S. The fraction of sp³-hybridized carbons (Fsp3) is 0.300. The van der Waals surface area contributed by atoms with Crippen molar-refractivity contribution in [3.63, 3.8) is 0 Å². The van der Waals surface area contributed by atoms with E-state index in [9.17, 15) is 0 Å². The van der Waals surface area contributed by atoms with E-state index in [4.69, 9.17) is 22.7 Å². The van der Waals surface area contributed by atoms with Crippen LogP contribution in [-0.4, -0.2) is 11.6 Å². The van der Waals surface area contributed by atoms with Crippen molar-refractivity contribution in [3.8, 4) is 0 Å². The Kier molecular flexibility index (Phi) is 4.29. The predicted molar refractivity (Wildman–Crippen MR) is 63.3 cm³/mol. The Morgan fingerprint density at radius 2 is 2.07 bits per heavy atom.